The summed E-state index contributed by atoms with van der Waals surface area (Å²) >= 11 is 1.21. The van der Waals surface area contributed by atoms with E-state index in [0.29, 0.717) is 16.4 Å². The van der Waals surface area contributed by atoms with Crippen LogP contribution in [-0.2, 0) is 11.3 Å². The molecule has 1 heterocycles. The number of amides is 1. The lowest BCUT2D eigenvalue weighted by Crippen LogP contribution is -2.24. The maximum Gasteiger partial charge on any atom is 0.335 e. The molecule has 29 heavy (non-hydrogen) atoms. The predicted molar refractivity (Wildman–Crippen MR) is 107 cm³/mol. The average Bonchev–Trinajstić information content (AvgIpc) is 3.20. The molecule has 1 aromatic heterocycles. The zero-order valence-electron chi connectivity index (χ0n) is 15.0. The van der Waals surface area contributed by atoms with Crippen molar-refractivity contribution in [3.05, 3.63) is 76.0 Å². The van der Waals surface area contributed by atoms with Crippen LogP contribution in [0.5, 0.6) is 0 Å². The second kappa shape index (κ2) is 9.02. The molecule has 3 rings (SSSR count). The highest BCUT2D eigenvalue weighted by molar-refractivity contribution is 7.99. The summed E-state index contributed by atoms with van der Waals surface area (Å²) in [7, 11) is 0. The maximum absolute atomic E-state index is 12.0. The van der Waals surface area contributed by atoms with Crippen molar-refractivity contribution < 1.29 is 19.6 Å². The Morgan fingerprint density at radius 3 is 2.66 bits per heavy atom. The number of nitro benzene ring substituents is 1. The number of non-ortho nitro benzene ring substituents is 1. The van der Waals surface area contributed by atoms with E-state index >= 15 is 0 Å². The number of nitrogens with one attached hydrogen (secondary N) is 2. The Kier molecular flexibility index (Phi) is 6.25. The van der Waals surface area contributed by atoms with Crippen LogP contribution >= 0.6 is 11.8 Å². The maximum atomic E-state index is 12.0. The van der Waals surface area contributed by atoms with E-state index in [9.17, 15) is 19.7 Å². The monoisotopic (exact) mass is 412 g/mol. The molecule has 0 spiro atoms. The standard InChI is InChI=1S/C19H16N4O5S/c24-17(20-9-12-2-1-3-14(8-12)18(25)26)11-29-19-21-10-16(22-19)13-4-6-15(7-5-13)23(27)28/h1-8,10H,9,11H2,(H,20,24)(H,21,22)(H,25,26). The lowest BCUT2D eigenvalue weighted by Gasteiger charge is -2.05. The van der Waals surface area contributed by atoms with Crippen molar-refractivity contribution in [2.24, 2.45) is 0 Å². The molecular formula is C19H16N4O5S. The molecule has 2 aromatic carbocycles. The number of nitro groups is 1. The Bertz CT molecular complexity index is 1050. The number of benzene rings is 2. The lowest BCUT2D eigenvalue weighted by atomic mass is 10.1. The van der Waals surface area contributed by atoms with Gasteiger partial charge in [0.15, 0.2) is 5.16 Å². The molecule has 0 fully saturated rings. The summed E-state index contributed by atoms with van der Waals surface area (Å²) in [5, 5.41) is 23.0. The largest absolute Gasteiger partial charge is 0.478 e. The quantitative estimate of drug-likeness (QED) is 0.293. The van der Waals surface area contributed by atoms with Crippen molar-refractivity contribution in [2.75, 3.05) is 5.75 Å². The van der Waals surface area contributed by atoms with Gasteiger partial charge in [-0.3, -0.25) is 14.9 Å². The van der Waals surface area contributed by atoms with E-state index in [1.54, 1.807) is 30.5 Å². The molecule has 148 valence electrons. The molecule has 3 N–H and O–H groups in total. The van der Waals surface area contributed by atoms with Crippen LogP contribution in [0.15, 0.2) is 59.9 Å². The lowest BCUT2D eigenvalue weighted by molar-refractivity contribution is -0.384. The first-order valence-corrected chi connectivity index (χ1v) is 9.42. The fraction of sp³-hybridized carbons (Fsp3) is 0.105. The number of carboxylic acid groups (broad SMARTS) is 1. The first-order valence-electron chi connectivity index (χ1n) is 8.44. The van der Waals surface area contributed by atoms with E-state index in [0.717, 1.165) is 5.56 Å². The molecule has 10 heteroatoms. The van der Waals surface area contributed by atoms with Gasteiger partial charge in [-0.15, -0.1) is 0 Å². The van der Waals surface area contributed by atoms with Crippen LogP contribution < -0.4 is 5.32 Å². The molecule has 0 aliphatic heterocycles. The number of carbonyl (C=O) groups is 2. The van der Waals surface area contributed by atoms with Gasteiger partial charge in [-0.25, -0.2) is 9.78 Å². The Labute approximate surface area is 169 Å². The number of carboxylic acids is 1. The van der Waals surface area contributed by atoms with E-state index < -0.39 is 10.9 Å². The molecule has 0 aliphatic carbocycles. The number of thioether (sulfide) groups is 1. The van der Waals surface area contributed by atoms with Gasteiger partial charge in [-0.1, -0.05) is 23.9 Å². The molecule has 9 nitrogen and oxygen atoms in total. The minimum atomic E-state index is -1.02. The topological polar surface area (TPSA) is 138 Å². The number of carbonyl (C=O) groups excluding carboxylic acids is 1. The zero-order valence-corrected chi connectivity index (χ0v) is 15.8. The van der Waals surface area contributed by atoms with E-state index in [4.69, 9.17) is 5.11 Å². The van der Waals surface area contributed by atoms with Crippen molar-refractivity contribution in [1.29, 1.82) is 0 Å². The van der Waals surface area contributed by atoms with Crippen LogP contribution in [0.2, 0.25) is 0 Å². The van der Waals surface area contributed by atoms with Crippen LogP contribution in [0.1, 0.15) is 15.9 Å². The smallest absolute Gasteiger partial charge is 0.335 e. The van der Waals surface area contributed by atoms with Crippen LogP contribution in [0.4, 0.5) is 5.69 Å². The summed E-state index contributed by atoms with van der Waals surface area (Å²) in [6, 6.07) is 12.4. The molecule has 0 unspecified atom stereocenters. The first kappa shape index (κ1) is 20.1. The zero-order chi connectivity index (χ0) is 20.8. The Morgan fingerprint density at radius 1 is 1.21 bits per heavy atom. The number of hydrogen-bond donors (Lipinski definition) is 3. The van der Waals surface area contributed by atoms with Crippen LogP contribution in [0.3, 0.4) is 0 Å². The van der Waals surface area contributed by atoms with E-state index in [2.05, 4.69) is 15.3 Å². The number of hydrogen-bond acceptors (Lipinski definition) is 6. The summed E-state index contributed by atoms with van der Waals surface area (Å²) in [4.78, 5) is 40.5. The van der Waals surface area contributed by atoms with Crippen LogP contribution in [0.25, 0.3) is 11.3 Å². The van der Waals surface area contributed by atoms with E-state index in [1.807, 2.05) is 0 Å². The van der Waals surface area contributed by atoms with Gasteiger partial charge in [0.25, 0.3) is 5.69 Å². The summed E-state index contributed by atoms with van der Waals surface area (Å²) in [5.41, 5.74) is 2.31. The molecular weight excluding hydrogens is 396 g/mol. The highest BCUT2D eigenvalue weighted by Gasteiger charge is 2.10. The molecule has 1 amide bonds. The summed E-state index contributed by atoms with van der Waals surface area (Å²) in [6.45, 7) is 0.229. The Balaban J connectivity index is 1.51. The van der Waals surface area contributed by atoms with E-state index in [1.165, 1.54) is 36.0 Å². The van der Waals surface area contributed by atoms with Crippen LogP contribution in [-0.4, -0.2) is 37.6 Å². The van der Waals surface area contributed by atoms with Gasteiger partial charge in [0.2, 0.25) is 5.91 Å². The predicted octanol–water partition coefficient (Wildman–Crippen LogP) is 3.09. The summed E-state index contributed by atoms with van der Waals surface area (Å²) in [5.74, 6) is -1.11. The van der Waals surface area contributed by atoms with Gasteiger partial charge in [0.1, 0.15) is 0 Å². The Hall–Kier alpha value is -3.66. The third-order valence-corrected chi connectivity index (χ3v) is 4.83. The number of aromatic nitrogens is 2. The van der Waals surface area contributed by atoms with Crippen molar-refractivity contribution in [1.82, 2.24) is 15.3 Å². The SMILES string of the molecule is O=C(CSc1ncc(-c2ccc([N+](=O)[O-])cc2)[nH]1)NCc1cccc(C(=O)O)c1. The number of aromatic amines is 1. The third-order valence-electron chi connectivity index (χ3n) is 3.95. The van der Waals surface area contributed by atoms with Crippen molar-refractivity contribution >= 4 is 29.3 Å². The van der Waals surface area contributed by atoms with Gasteiger partial charge in [-0.05, 0) is 29.8 Å². The van der Waals surface area contributed by atoms with Gasteiger partial charge >= 0.3 is 5.97 Å². The fourth-order valence-corrected chi connectivity index (χ4v) is 3.16. The number of aromatic carboxylic acids is 1. The van der Waals surface area contributed by atoms with E-state index in [-0.39, 0.29) is 29.5 Å². The van der Waals surface area contributed by atoms with Crippen molar-refractivity contribution in [2.45, 2.75) is 11.7 Å². The second-order valence-electron chi connectivity index (χ2n) is 5.98. The number of H-pyrrole nitrogens is 1. The molecule has 0 atom stereocenters. The van der Waals surface area contributed by atoms with Gasteiger partial charge in [0.05, 0.1) is 28.1 Å². The molecule has 0 saturated heterocycles. The van der Waals surface area contributed by atoms with Crippen molar-refractivity contribution in [3.63, 3.8) is 0 Å². The van der Waals surface area contributed by atoms with Crippen molar-refractivity contribution in [3.8, 4) is 11.3 Å². The molecule has 3 aromatic rings. The number of imidazole rings is 1. The first-order chi connectivity index (χ1) is 13.9. The molecule has 0 bridgehead atoms. The highest BCUT2D eigenvalue weighted by atomic mass is 32.2. The minimum Gasteiger partial charge on any atom is -0.478 e. The Morgan fingerprint density at radius 2 is 1.97 bits per heavy atom. The fourth-order valence-electron chi connectivity index (χ4n) is 2.49. The van der Waals surface area contributed by atoms with Gasteiger partial charge in [-0.2, -0.15) is 0 Å². The molecule has 0 radical (unpaired) electrons. The molecule has 0 aliphatic rings. The summed E-state index contributed by atoms with van der Waals surface area (Å²) in [6.07, 6.45) is 1.60. The summed E-state index contributed by atoms with van der Waals surface area (Å²) < 4.78 is 0. The number of nitrogens with zero attached hydrogens (tertiary/aromatic N) is 2. The second-order valence-corrected chi connectivity index (χ2v) is 6.94. The average molecular weight is 412 g/mol. The van der Waals surface area contributed by atoms with Crippen LogP contribution in [0, 0.1) is 10.1 Å². The third kappa shape index (κ3) is 5.42. The molecule has 0 saturated carbocycles. The minimum absolute atomic E-state index is 0.00780. The van der Waals surface area contributed by atoms with Gasteiger partial charge < -0.3 is 15.4 Å². The normalized spacial score (nSPS) is 10.5. The number of rotatable bonds is 8. The highest BCUT2D eigenvalue weighted by Crippen LogP contribution is 2.23. The van der Waals surface area contributed by atoms with Gasteiger partial charge in [0, 0.05) is 24.2 Å².